The molecule has 0 radical (unpaired) electrons. The van der Waals surface area contributed by atoms with Crippen molar-refractivity contribution >= 4 is 24.4 Å². The van der Waals surface area contributed by atoms with Crippen molar-refractivity contribution in [2.45, 2.75) is 57.5 Å². The molecular formula is C14H26OS2. The molecule has 1 nitrogen and oxygen atoms in total. The first-order valence-electron chi connectivity index (χ1n) is 7.15. The van der Waals surface area contributed by atoms with Crippen molar-refractivity contribution < 1.29 is 4.74 Å². The molecular weight excluding hydrogens is 248 g/mol. The molecule has 2 rings (SSSR count). The van der Waals surface area contributed by atoms with E-state index in [4.69, 9.17) is 4.74 Å². The monoisotopic (exact) mass is 274 g/mol. The lowest BCUT2D eigenvalue weighted by Crippen LogP contribution is -2.26. The maximum Gasteiger partial charge on any atom is 0.0666 e. The molecule has 0 aromatic rings. The summed E-state index contributed by atoms with van der Waals surface area (Å²) in [5, 5.41) is 0. The summed E-state index contributed by atoms with van der Waals surface area (Å²) in [4.78, 5) is 0. The zero-order chi connectivity index (χ0) is 12.0. The Hall–Kier alpha value is 0.660. The van der Waals surface area contributed by atoms with E-state index in [2.05, 4.69) is 24.4 Å². The van der Waals surface area contributed by atoms with E-state index in [1.54, 1.807) is 0 Å². The van der Waals surface area contributed by atoms with Crippen LogP contribution < -0.4 is 0 Å². The molecule has 2 aliphatic rings. The molecule has 0 aromatic heterocycles. The molecule has 0 aromatic carbocycles. The van der Waals surface area contributed by atoms with Crippen LogP contribution in [0.2, 0.25) is 0 Å². The molecule has 0 amide bonds. The molecule has 1 unspecified atom stereocenters. The van der Waals surface area contributed by atoms with Crippen LogP contribution in [0.4, 0.5) is 0 Å². The summed E-state index contributed by atoms with van der Waals surface area (Å²) in [7, 11) is 0. The largest absolute Gasteiger partial charge is 0.377 e. The van der Waals surface area contributed by atoms with Crippen molar-refractivity contribution in [2.75, 3.05) is 23.9 Å². The summed E-state index contributed by atoms with van der Waals surface area (Å²) in [5.41, 5.74) is 0.531. The molecule has 1 saturated carbocycles. The van der Waals surface area contributed by atoms with Gasteiger partial charge in [-0.3, -0.25) is 0 Å². The molecule has 1 aliphatic carbocycles. The highest BCUT2D eigenvalue weighted by Crippen LogP contribution is 2.39. The minimum absolute atomic E-state index is 0.531. The molecule has 0 N–H and O–H groups in total. The Balaban J connectivity index is 1.73. The number of hydrogen-bond donors (Lipinski definition) is 1. The first kappa shape index (κ1) is 14.1. The zero-order valence-corrected chi connectivity index (χ0v) is 12.5. The summed E-state index contributed by atoms with van der Waals surface area (Å²) in [5.74, 6) is 3.58. The predicted octanol–water partition coefficient (Wildman–Crippen LogP) is 4.17. The van der Waals surface area contributed by atoms with Gasteiger partial charge in [-0.1, -0.05) is 25.7 Å². The highest BCUT2D eigenvalue weighted by atomic mass is 32.2. The predicted molar refractivity (Wildman–Crippen MR) is 80.3 cm³/mol. The van der Waals surface area contributed by atoms with Gasteiger partial charge in [0.15, 0.2) is 0 Å². The van der Waals surface area contributed by atoms with Gasteiger partial charge in [0.2, 0.25) is 0 Å². The van der Waals surface area contributed by atoms with Crippen LogP contribution in [0.5, 0.6) is 0 Å². The topological polar surface area (TPSA) is 9.23 Å². The average Bonchev–Trinajstić information content (AvgIpc) is 2.75. The van der Waals surface area contributed by atoms with Gasteiger partial charge in [-0.25, -0.2) is 0 Å². The van der Waals surface area contributed by atoms with Crippen molar-refractivity contribution in [1.82, 2.24) is 0 Å². The van der Waals surface area contributed by atoms with E-state index in [9.17, 15) is 0 Å². The fourth-order valence-electron chi connectivity index (χ4n) is 3.01. The van der Waals surface area contributed by atoms with Crippen molar-refractivity contribution in [3.05, 3.63) is 0 Å². The highest BCUT2D eigenvalue weighted by molar-refractivity contribution is 7.99. The molecule has 17 heavy (non-hydrogen) atoms. The Kier molecular flexibility index (Phi) is 6.04. The second kappa shape index (κ2) is 7.30. The van der Waals surface area contributed by atoms with Gasteiger partial charge in [-0.15, -0.1) is 0 Å². The summed E-state index contributed by atoms with van der Waals surface area (Å²) in [6.45, 7) is 0.989. The Morgan fingerprint density at radius 3 is 2.47 bits per heavy atom. The Morgan fingerprint density at radius 2 is 1.88 bits per heavy atom. The quantitative estimate of drug-likeness (QED) is 0.595. The third-order valence-electron chi connectivity index (χ3n) is 4.24. The van der Waals surface area contributed by atoms with Gasteiger partial charge in [0, 0.05) is 12.4 Å². The average molecular weight is 274 g/mol. The maximum atomic E-state index is 5.69. The normalized spacial score (nSPS) is 29.1. The van der Waals surface area contributed by atoms with Gasteiger partial charge in [-0.05, 0) is 42.6 Å². The summed E-state index contributed by atoms with van der Waals surface area (Å²) < 4.78 is 5.69. The number of rotatable bonds is 5. The van der Waals surface area contributed by atoms with Crippen LogP contribution in [0.3, 0.4) is 0 Å². The van der Waals surface area contributed by atoms with Gasteiger partial charge in [0.05, 0.1) is 6.10 Å². The molecule has 1 aliphatic heterocycles. The molecule has 3 heteroatoms. The SMILES string of the molecule is SCC1(CSCC2CCCO2)CCCCCC1. The third kappa shape index (κ3) is 4.36. The fourth-order valence-corrected chi connectivity index (χ4v) is 5.06. The Morgan fingerprint density at radius 1 is 1.12 bits per heavy atom. The summed E-state index contributed by atoms with van der Waals surface area (Å²) in [6, 6.07) is 0. The van der Waals surface area contributed by atoms with E-state index >= 15 is 0 Å². The van der Waals surface area contributed by atoms with Gasteiger partial charge in [-0.2, -0.15) is 24.4 Å². The minimum atomic E-state index is 0.531. The molecule has 100 valence electrons. The number of thioether (sulfide) groups is 1. The van der Waals surface area contributed by atoms with Crippen LogP contribution in [0.25, 0.3) is 0 Å². The molecule has 1 saturated heterocycles. The fraction of sp³-hybridized carbons (Fsp3) is 1.00. The minimum Gasteiger partial charge on any atom is -0.377 e. The van der Waals surface area contributed by atoms with Gasteiger partial charge < -0.3 is 4.74 Å². The lowest BCUT2D eigenvalue weighted by molar-refractivity contribution is 0.128. The second-order valence-electron chi connectivity index (χ2n) is 5.72. The Labute approximate surface area is 116 Å². The van der Waals surface area contributed by atoms with E-state index in [0.29, 0.717) is 11.5 Å². The van der Waals surface area contributed by atoms with Crippen LogP contribution in [-0.4, -0.2) is 30.0 Å². The van der Waals surface area contributed by atoms with Gasteiger partial charge in [0.1, 0.15) is 0 Å². The van der Waals surface area contributed by atoms with Crippen LogP contribution in [0.1, 0.15) is 51.4 Å². The molecule has 2 fully saturated rings. The molecule has 0 spiro atoms. The lowest BCUT2D eigenvalue weighted by Gasteiger charge is -2.31. The smallest absolute Gasteiger partial charge is 0.0666 e. The van der Waals surface area contributed by atoms with Gasteiger partial charge >= 0.3 is 0 Å². The van der Waals surface area contributed by atoms with Crippen molar-refractivity contribution in [2.24, 2.45) is 5.41 Å². The number of thiol groups is 1. The summed E-state index contributed by atoms with van der Waals surface area (Å²) in [6.07, 6.45) is 11.6. The van der Waals surface area contributed by atoms with E-state index in [0.717, 1.165) is 12.4 Å². The number of ether oxygens (including phenoxy) is 1. The van der Waals surface area contributed by atoms with E-state index < -0.39 is 0 Å². The zero-order valence-electron chi connectivity index (χ0n) is 10.8. The van der Waals surface area contributed by atoms with E-state index in [1.165, 1.54) is 62.9 Å². The first-order chi connectivity index (χ1) is 8.35. The van der Waals surface area contributed by atoms with Crippen molar-refractivity contribution in [3.8, 4) is 0 Å². The molecule has 0 bridgehead atoms. The van der Waals surface area contributed by atoms with Crippen molar-refractivity contribution in [1.29, 1.82) is 0 Å². The number of hydrogen-bond acceptors (Lipinski definition) is 3. The Bertz CT molecular complexity index is 206. The lowest BCUT2D eigenvalue weighted by atomic mass is 9.84. The van der Waals surface area contributed by atoms with Crippen LogP contribution >= 0.6 is 24.4 Å². The van der Waals surface area contributed by atoms with Crippen LogP contribution in [0.15, 0.2) is 0 Å². The third-order valence-corrected chi connectivity index (χ3v) is 6.33. The van der Waals surface area contributed by atoms with E-state index in [1.807, 2.05) is 0 Å². The van der Waals surface area contributed by atoms with Crippen LogP contribution in [0, 0.1) is 5.41 Å². The summed E-state index contributed by atoms with van der Waals surface area (Å²) >= 11 is 6.75. The highest BCUT2D eigenvalue weighted by Gasteiger charge is 2.29. The van der Waals surface area contributed by atoms with Crippen LogP contribution in [-0.2, 0) is 4.74 Å². The van der Waals surface area contributed by atoms with Crippen molar-refractivity contribution in [3.63, 3.8) is 0 Å². The maximum absolute atomic E-state index is 5.69. The van der Waals surface area contributed by atoms with Gasteiger partial charge in [0.25, 0.3) is 0 Å². The second-order valence-corrected chi connectivity index (χ2v) is 7.07. The standard InChI is InChI=1S/C14H26OS2/c16-11-14(7-3-1-2-4-8-14)12-17-10-13-6-5-9-15-13/h13,16H,1-12H2. The van der Waals surface area contributed by atoms with E-state index in [-0.39, 0.29) is 0 Å². The first-order valence-corrected chi connectivity index (χ1v) is 8.94. The molecule has 1 atom stereocenters. The molecule has 1 heterocycles.